The summed E-state index contributed by atoms with van der Waals surface area (Å²) < 4.78 is 0. The minimum Gasteiger partial charge on any atom is -0.151 e. The van der Waals surface area contributed by atoms with Gasteiger partial charge >= 0.3 is 0 Å². The van der Waals surface area contributed by atoms with Gasteiger partial charge in [0.2, 0.25) is 0 Å². The number of aryl methyl sites for hydroxylation is 2. The van der Waals surface area contributed by atoms with Gasteiger partial charge in [-0.15, -0.1) is 0 Å². The van der Waals surface area contributed by atoms with Gasteiger partial charge in [-0.3, -0.25) is 0 Å². The van der Waals surface area contributed by atoms with Crippen molar-refractivity contribution in [3.63, 3.8) is 0 Å². The molecule has 0 atom stereocenters. The first-order valence-corrected chi connectivity index (χ1v) is 15.0. The Labute approximate surface area is 250 Å². The standard InChI is InChI=1S/C36H42N6/c1-7-9-11-29-13-17-31(18-14-29)37-39-33-21-23-35(27(5)25(33)3)41-42-36-24-22-34(26(4)28(36)6)40-38-32-19-15-30(16-20-32)12-10-8-2/h13-24H,7-12H2,1-6H3. The molecule has 0 saturated heterocycles. The first-order valence-electron chi connectivity index (χ1n) is 15.0. The van der Waals surface area contributed by atoms with Crippen LogP contribution in [0.25, 0.3) is 0 Å². The lowest BCUT2D eigenvalue weighted by Crippen LogP contribution is -1.84. The summed E-state index contributed by atoms with van der Waals surface area (Å²) in [6.07, 6.45) is 7.00. The molecule has 0 aliphatic heterocycles. The van der Waals surface area contributed by atoms with Crippen molar-refractivity contribution in [1.82, 2.24) is 0 Å². The van der Waals surface area contributed by atoms with Crippen LogP contribution in [-0.2, 0) is 12.8 Å². The smallest absolute Gasteiger partial charge is 0.0890 e. The Bertz CT molecular complexity index is 1450. The summed E-state index contributed by atoms with van der Waals surface area (Å²) in [6, 6.07) is 24.5. The predicted molar refractivity (Wildman–Crippen MR) is 174 cm³/mol. The maximum absolute atomic E-state index is 4.58. The van der Waals surface area contributed by atoms with E-state index >= 15 is 0 Å². The summed E-state index contributed by atoms with van der Waals surface area (Å²) in [4.78, 5) is 0. The zero-order valence-corrected chi connectivity index (χ0v) is 25.9. The monoisotopic (exact) mass is 558 g/mol. The first kappa shape index (κ1) is 30.6. The third-order valence-electron chi connectivity index (χ3n) is 7.78. The Balaban J connectivity index is 1.44. The van der Waals surface area contributed by atoms with Gasteiger partial charge in [-0.2, -0.15) is 30.7 Å². The number of rotatable bonds is 12. The van der Waals surface area contributed by atoms with Crippen LogP contribution in [0.15, 0.2) is 103 Å². The molecule has 4 aromatic rings. The number of azo groups is 3. The van der Waals surface area contributed by atoms with E-state index in [0.717, 1.165) is 69.2 Å². The van der Waals surface area contributed by atoms with Crippen LogP contribution in [0.1, 0.15) is 72.9 Å². The van der Waals surface area contributed by atoms with E-state index in [4.69, 9.17) is 0 Å². The summed E-state index contributed by atoms with van der Waals surface area (Å²) in [5.74, 6) is 0. The van der Waals surface area contributed by atoms with Crippen LogP contribution in [0.4, 0.5) is 34.1 Å². The molecule has 0 aliphatic carbocycles. The highest BCUT2D eigenvalue weighted by atomic mass is 15.1. The normalized spacial score (nSPS) is 11.9. The van der Waals surface area contributed by atoms with Crippen molar-refractivity contribution in [2.75, 3.05) is 0 Å². The maximum atomic E-state index is 4.58. The molecule has 0 spiro atoms. The minimum absolute atomic E-state index is 0.815. The van der Waals surface area contributed by atoms with Gasteiger partial charge in [0.15, 0.2) is 0 Å². The molecule has 0 amide bonds. The third kappa shape index (κ3) is 8.12. The molecular formula is C36H42N6. The van der Waals surface area contributed by atoms with Crippen molar-refractivity contribution < 1.29 is 0 Å². The highest BCUT2D eigenvalue weighted by Crippen LogP contribution is 2.35. The predicted octanol–water partition coefficient (Wildman–Crippen LogP) is 12.9. The molecule has 0 radical (unpaired) electrons. The van der Waals surface area contributed by atoms with Crippen molar-refractivity contribution >= 4 is 34.1 Å². The number of hydrogen-bond donors (Lipinski definition) is 0. The van der Waals surface area contributed by atoms with E-state index in [9.17, 15) is 0 Å². The average molecular weight is 559 g/mol. The summed E-state index contributed by atoms with van der Waals surface area (Å²) in [7, 11) is 0. The van der Waals surface area contributed by atoms with E-state index in [1.165, 1.54) is 36.8 Å². The molecule has 0 unspecified atom stereocenters. The number of benzene rings is 4. The van der Waals surface area contributed by atoms with Crippen LogP contribution in [-0.4, -0.2) is 0 Å². The Morgan fingerprint density at radius 3 is 0.952 bits per heavy atom. The Kier molecular flexibility index (Phi) is 11.0. The van der Waals surface area contributed by atoms with E-state index < -0.39 is 0 Å². The SMILES string of the molecule is CCCCc1ccc(N=Nc2ccc(N=Nc3ccc(N=Nc4ccc(CCCC)cc4)c(C)c3C)c(C)c2C)cc1. The van der Waals surface area contributed by atoms with Crippen LogP contribution in [0, 0.1) is 27.7 Å². The molecule has 4 rings (SSSR count). The molecule has 0 heterocycles. The van der Waals surface area contributed by atoms with Crippen LogP contribution in [0.5, 0.6) is 0 Å². The van der Waals surface area contributed by atoms with Gasteiger partial charge in [0.05, 0.1) is 34.1 Å². The first-order chi connectivity index (χ1) is 20.4. The minimum atomic E-state index is 0.815. The quantitative estimate of drug-likeness (QED) is 0.155. The summed E-state index contributed by atoms with van der Waals surface area (Å²) in [5.41, 5.74) is 11.8. The molecule has 4 aromatic carbocycles. The Hall–Kier alpha value is -4.32. The van der Waals surface area contributed by atoms with Gasteiger partial charge in [-0.05, 0) is 135 Å². The third-order valence-corrected chi connectivity index (χ3v) is 7.78. The average Bonchev–Trinajstić information content (AvgIpc) is 3.01. The topological polar surface area (TPSA) is 74.2 Å². The maximum Gasteiger partial charge on any atom is 0.0890 e. The van der Waals surface area contributed by atoms with E-state index in [2.05, 4.69) is 68.8 Å². The van der Waals surface area contributed by atoms with Crippen molar-refractivity contribution in [1.29, 1.82) is 0 Å². The molecule has 0 saturated carbocycles. The molecule has 216 valence electrons. The van der Waals surface area contributed by atoms with Gasteiger partial charge in [0.1, 0.15) is 0 Å². The van der Waals surface area contributed by atoms with Crippen LogP contribution < -0.4 is 0 Å². The van der Waals surface area contributed by atoms with Gasteiger partial charge in [0, 0.05) is 0 Å². The zero-order valence-electron chi connectivity index (χ0n) is 25.9. The highest BCUT2D eigenvalue weighted by Gasteiger charge is 2.09. The second-order valence-corrected chi connectivity index (χ2v) is 10.8. The molecule has 42 heavy (non-hydrogen) atoms. The molecule has 0 bridgehead atoms. The van der Waals surface area contributed by atoms with Crippen LogP contribution >= 0.6 is 0 Å². The van der Waals surface area contributed by atoms with Gasteiger partial charge < -0.3 is 0 Å². The fourth-order valence-electron chi connectivity index (χ4n) is 4.57. The molecule has 6 heteroatoms. The van der Waals surface area contributed by atoms with Gasteiger partial charge in [-0.25, -0.2) is 0 Å². The van der Waals surface area contributed by atoms with E-state index in [-0.39, 0.29) is 0 Å². The van der Waals surface area contributed by atoms with E-state index in [0.29, 0.717) is 0 Å². The van der Waals surface area contributed by atoms with Gasteiger partial charge in [0.25, 0.3) is 0 Å². The molecule has 6 nitrogen and oxygen atoms in total. The molecular weight excluding hydrogens is 516 g/mol. The second-order valence-electron chi connectivity index (χ2n) is 10.8. The fourth-order valence-corrected chi connectivity index (χ4v) is 4.57. The van der Waals surface area contributed by atoms with Crippen LogP contribution in [0.2, 0.25) is 0 Å². The van der Waals surface area contributed by atoms with E-state index in [1.54, 1.807) is 0 Å². The van der Waals surface area contributed by atoms with Crippen molar-refractivity contribution in [3.8, 4) is 0 Å². The molecule has 0 aliphatic rings. The van der Waals surface area contributed by atoms with Crippen LogP contribution in [0.3, 0.4) is 0 Å². The molecule has 0 N–H and O–H groups in total. The lowest BCUT2D eigenvalue weighted by molar-refractivity contribution is 0.795. The summed E-state index contributed by atoms with van der Waals surface area (Å²) in [5, 5.41) is 27.1. The number of unbranched alkanes of at least 4 members (excludes halogenated alkanes) is 2. The van der Waals surface area contributed by atoms with Gasteiger partial charge in [-0.1, -0.05) is 51.0 Å². The summed E-state index contributed by atoms with van der Waals surface area (Å²) >= 11 is 0. The van der Waals surface area contributed by atoms with Crippen molar-refractivity contribution in [2.24, 2.45) is 30.7 Å². The lowest BCUT2D eigenvalue weighted by Gasteiger charge is -2.08. The van der Waals surface area contributed by atoms with Crippen molar-refractivity contribution in [3.05, 3.63) is 106 Å². The van der Waals surface area contributed by atoms with Crippen molar-refractivity contribution in [2.45, 2.75) is 80.1 Å². The fraction of sp³-hybridized carbons (Fsp3) is 0.333. The molecule has 0 aromatic heterocycles. The highest BCUT2D eigenvalue weighted by molar-refractivity contribution is 5.62. The van der Waals surface area contributed by atoms with E-state index in [1.807, 2.05) is 76.2 Å². The summed E-state index contributed by atoms with van der Waals surface area (Å²) in [6.45, 7) is 12.6. The molecule has 0 fully saturated rings. The Morgan fingerprint density at radius 1 is 0.381 bits per heavy atom. The number of hydrogen-bond acceptors (Lipinski definition) is 6. The number of nitrogens with zero attached hydrogens (tertiary/aromatic N) is 6. The largest absolute Gasteiger partial charge is 0.151 e. The Morgan fingerprint density at radius 2 is 0.667 bits per heavy atom. The lowest BCUT2D eigenvalue weighted by atomic mass is 10.1. The zero-order chi connectivity index (χ0) is 29.9. The second kappa shape index (κ2) is 15.1.